The van der Waals surface area contributed by atoms with Crippen LogP contribution in [0.15, 0.2) is 54.6 Å². The summed E-state index contributed by atoms with van der Waals surface area (Å²) in [4.78, 5) is 14.5. The highest BCUT2D eigenvalue weighted by Crippen LogP contribution is 2.10. The minimum absolute atomic E-state index is 0. The van der Waals surface area contributed by atoms with Crippen molar-refractivity contribution < 1.29 is 9.53 Å². The molecule has 5 nitrogen and oxygen atoms in total. The third-order valence-corrected chi connectivity index (χ3v) is 4.34. The molecule has 3 rings (SSSR count). The summed E-state index contributed by atoms with van der Waals surface area (Å²) in [5.74, 6) is 0.00792. The van der Waals surface area contributed by atoms with Crippen molar-refractivity contribution in [2.24, 2.45) is 0 Å². The molecule has 0 saturated carbocycles. The van der Waals surface area contributed by atoms with Crippen LogP contribution in [0.1, 0.15) is 11.1 Å². The molecule has 1 heterocycles. The number of carbonyl (C=O) groups is 1. The molecule has 0 aliphatic carbocycles. The SMILES string of the molecule is Cl.Cl.Nc1ccc(CC(=O)NCC2CN(Cc3ccccc3)CCO2)cc1. The first-order valence-corrected chi connectivity index (χ1v) is 8.68. The average Bonchev–Trinajstić information content (AvgIpc) is 2.63. The zero-order chi connectivity index (χ0) is 17.5. The molecule has 0 bridgehead atoms. The van der Waals surface area contributed by atoms with Crippen LogP contribution in [0.25, 0.3) is 0 Å². The first kappa shape index (κ1) is 23.2. The second-order valence-electron chi connectivity index (χ2n) is 6.44. The minimum Gasteiger partial charge on any atom is -0.399 e. The zero-order valence-electron chi connectivity index (χ0n) is 15.2. The number of rotatable bonds is 6. The van der Waals surface area contributed by atoms with Gasteiger partial charge in [0.2, 0.25) is 5.91 Å². The molecule has 148 valence electrons. The molecule has 7 heteroatoms. The van der Waals surface area contributed by atoms with E-state index in [2.05, 4.69) is 34.5 Å². The number of amides is 1. The Morgan fingerprint density at radius 3 is 2.48 bits per heavy atom. The fraction of sp³-hybridized carbons (Fsp3) is 0.350. The number of nitrogens with two attached hydrogens (primary N) is 1. The second-order valence-corrected chi connectivity index (χ2v) is 6.44. The normalized spacial score (nSPS) is 16.7. The van der Waals surface area contributed by atoms with E-state index in [1.807, 2.05) is 30.3 Å². The van der Waals surface area contributed by atoms with E-state index in [-0.39, 0.29) is 36.8 Å². The molecule has 1 atom stereocenters. The van der Waals surface area contributed by atoms with E-state index in [0.29, 0.717) is 25.3 Å². The number of benzene rings is 2. The largest absolute Gasteiger partial charge is 0.399 e. The molecule has 2 aromatic carbocycles. The van der Waals surface area contributed by atoms with Crippen molar-refractivity contribution >= 4 is 36.4 Å². The van der Waals surface area contributed by atoms with Crippen LogP contribution in [0.2, 0.25) is 0 Å². The number of nitrogen functional groups attached to an aromatic ring is 1. The summed E-state index contributed by atoms with van der Waals surface area (Å²) in [5.41, 5.74) is 8.63. The van der Waals surface area contributed by atoms with E-state index in [1.54, 1.807) is 0 Å². The third-order valence-electron chi connectivity index (χ3n) is 4.34. The van der Waals surface area contributed by atoms with Crippen molar-refractivity contribution in [2.75, 3.05) is 32.0 Å². The van der Waals surface area contributed by atoms with Crippen molar-refractivity contribution in [1.29, 1.82) is 0 Å². The summed E-state index contributed by atoms with van der Waals surface area (Å²) in [6.07, 6.45) is 0.397. The van der Waals surface area contributed by atoms with Crippen LogP contribution < -0.4 is 11.1 Å². The maximum atomic E-state index is 12.1. The Bertz CT molecular complexity index is 683. The summed E-state index contributed by atoms with van der Waals surface area (Å²) < 4.78 is 5.79. The lowest BCUT2D eigenvalue weighted by Crippen LogP contribution is -2.47. The molecular formula is C20H27Cl2N3O2. The fourth-order valence-corrected chi connectivity index (χ4v) is 3.00. The molecule has 0 aromatic heterocycles. The predicted octanol–water partition coefficient (Wildman–Crippen LogP) is 2.67. The van der Waals surface area contributed by atoms with Gasteiger partial charge in [-0.2, -0.15) is 0 Å². The average molecular weight is 412 g/mol. The van der Waals surface area contributed by atoms with E-state index in [0.717, 1.165) is 25.2 Å². The Kier molecular flexibility index (Phi) is 10.2. The van der Waals surface area contributed by atoms with Gasteiger partial charge in [-0.3, -0.25) is 9.69 Å². The predicted molar refractivity (Wildman–Crippen MR) is 114 cm³/mol. The first-order valence-electron chi connectivity index (χ1n) is 8.68. The van der Waals surface area contributed by atoms with Gasteiger partial charge in [-0.05, 0) is 23.3 Å². The summed E-state index contributed by atoms with van der Waals surface area (Å²) in [6, 6.07) is 17.8. The highest BCUT2D eigenvalue weighted by atomic mass is 35.5. The molecule has 3 N–H and O–H groups in total. The standard InChI is InChI=1S/C20H25N3O2.2ClH/c21-18-8-6-16(7-9-18)12-20(24)22-13-19-15-23(10-11-25-19)14-17-4-2-1-3-5-17;;/h1-9,19H,10-15,21H2,(H,22,24);2*1H. The highest BCUT2D eigenvalue weighted by Gasteiger charge is 2.21. The van der Waals surface area contributed by atoms with Crippen molar-refractivity contribution in [3.05, 3.63) is 65.7 Å². The number of hydrogen-bond donors (Lipinski definition) is 2. The van der Waals surface area contributed by atoms with E-state index in [4.69, 9.17) is 10.5 Å². The van der Waals surface area contributed by atoms with Crippen molar-refractivity contribution in [3.8, 4) is 0 Å². The Hall–Kier alpha value is -1.79. The van der Waals surface area contributed by atoms with E-state index in [9.17, 15) is 4.79 Å². The Labute approximate surface area is 173 Å². The van der Waals surface area contributed by atoms with Gasteiger partial charge in [-0.25, -0.2) is 0 Å². The van der Waals surface area contributed by atoms with Crippen LogP contribution in [0.4, 0.5) is 5.69 Å². The van der Waals surface area contributed by atoms with Gasteiger partial charge in [0.05, 0.1) is 19.1 Å². The first-order chi connectivity index (χ1) is 12.2. The molecule has 1 aliphatic heterocycles. The van der Waals surface area contributed by atoms with E-state index < -0.39 is 0 Å². The molecule has 27 heavy (non-hydrogen) atoms. The van der Waals surface area contributed by atoms with Crippen molar-refractivity contribution in [1.82, 2.24) is 10.2 Å². The van der Waals surface area contributed by atoms with Gasteiger partial charge < -0.3 is 15.8 Å². The molecule has 1 aliphatic rings. The van der Waals surface area contributed by atoms with E-state index >= 15 is 0 Å². The molecule has 1 fully saturated rings. The van der Waals surface area contributed by atoms with Crippen LogP contribution in [-0.2, 0) is 22.5 Å². The van der Waals surface area contributed by atoms with Crippen LogP contribution in [0.3, 0.4) is 0 Å². The third kappa shape index (κ3) is 7.77. The lowest BCUT2D eigenvalue weighted by molar-refractivity contribution is -0.121. The van der Waals surface area contributed by atoms with Crippen LogP contribution >= 0.6 is 24.8 Å². The van der Waals surface area contributed by atoms with Gasteiger partial charge in [0.25, 0.3) is 0 Å². The molecule has 2 aromatic rings. The van der Waals surface area contributed by atoms with Crippen molar-refractivity contribution in [2.45, 2.75) is 19.1 Å². The molecule has 1 unspecified atom stereocenters. The van der Waals surface area contributed by atoms with Crippen molar-refractivity contribution in [3.63, 3.8) is 0 Å². The number of hydrogen-bond acceptors (Lipinski definition) is 4. The van der Waals surface area contributed by atoms with Gasteiger partial charge in [0, 0.05) is 31.9 Å². The lowest BCUT2D eigenvalue weighted by atomic mass is 10.1. The zero-order valence-corrected chi connectivity index (χ0v) is 16.8. The maximum absolute atomic E-state index is 12.1. The quantitative estimate of drug-likeness (QED) is 0.716. The van der Waals surface area contributed by atoms with Crippen LogP contribution in [0, 0.1) is 0 Å². The Morgan fingerprint density at radius 1 is 1.07 bits per heavy atom. The minimum atomic E-state index is 0. The van der Waals surface area contributed by atoms with Gasteiger partial charge in [-0.1, -0.05) is 42.5 Å². The van der Waals surface area contributed by atoms with Crippen LogP contribution in [-0.4, -0.2) is 43.2 Å². The fourth-order valence-electron chi connectivity index (χ4n) is 3.00. The molecule has 0 radical (unpaired) electrons. The van der Waals surface area contributed by atoms with Gasteiger partial charge in [0.1, 0.15) is 0 Å². The number of nitrogens with one attached hydrogen (secondary N) is 1. The number of halogens is 2. The Balaban J connectivity index is 0.00000182. The van der Waals surface area contributed by atoms with Crippen LogP contribution in [0.5, 0.6) is 0 Å². The molecule has 1 saturated heterocycles. The summed E-state index contributed by atoms with van der Waals surface area (Å²) in [6.45, 7) is 3.91. The monoisotopic (exact) mass is 411 g/mol. The number of ether oxygens (including phenoxy) is 1. The molecule has 1 amide bonds. The smallest absolute Gasteiger partial charge is 0.224 e. The van der Waals surface area contributed by atoms with Gasteiger partial charge >= 0.3 is 0 Å². The lowest BCUT2D eigenvalue weighted by Gasteiger charge is -2.33. The number of anilines is 1. The summed E-state index contributed by atoms with van der Waals surface area (Å²) in [7, 11) is 0. The Morgan fingerprint density at radius 2 is 1.78 bits per heavy atom. The summed E-state index contributed by atoms with van der Waals surface area (Å²) >= 11 is 0. The molecule has 0 spiro atoms. The molecular weight excluding hydrogens is 385 g/mol. The van der Waals surface area contributed by atoms with Gasteiger partial charge in [0.15, 0.2) is 0 Å². The maximum Gasteiger partial charge on any atom is 0.224 e. The van der Waals surface area contributed by atoms with Gasteiger partial charge in [-0.15, -0.1) is 24.8 Å². The van der Waals surface area contributed by atoms with E-state index in [1.165, 1.54) is 5.56 Å². The second kappa shape index (κ2) is 11.8. The summed E-state index contributed by atoms with van der Waals surface area (Å²) in [5, 5.41) is 2.98. The topological polar surface area (TPSA) is 67.6 Å². The number of carbonyl (C=O) groups excluding carboxylic acids is 1. The highest BCUT2D eigenvalue weighted by molar-refractivity contribution is 5.85. The number of morpholine rings is 1. The number of nitrogens with zero attached hydrogens (tertiary/aromatic N) is 1.